The van der Waals surface area contributed by atoms with Crippen molar-refractivity contribution >= 4 is 11.9 Å². The van der Waals surface area contributed by atoms with Crippen LogP contribution in [-0.2, 0) is 4.79 Å². The van der Waals surface area contributed by atoms with Crippen LogP contribution in [0.1, 0.15) is 23.2 Å². The number of hydrogen-bond donors (Lipinski definition) is 3. The average Bonchev–Trinajstić information content (AvgIpc) is 2.94. The van der Waals surface area contributed by atoms with E-state index >= 15 is 0 Å². The molecule has 0 unspecified atom stereocenters. The smallest absolute Gasteiger partial charge is 0.343 e. The Morgan fingerprint density at radius 1 is 1.35 bits per heavy atom. The SMILES string of the molecule is O=C(O)c1c(O)cccc1OC1CN(C(=O)C[C@H]2CCNC2)C1. The highest BCUT2D eigenvalue weighted by molar-refractivity contribution is 5.94. The van der Waals surface area contributed by atoms with Gasteiger partial charge in [0.2, 0.25) is 5.91 Å². The van der Waals surface area contributed by atoms with Gasteiger partial charge in [0, 0.05) is 6.42 Å². The highest BCUT2D eigenvalue weighted by Crippen LogP contribution is 2.29. The third kappa shape index (κ3) is 3.39. The Kier molecular flexibility index (Phi) is 4.38. The molecular formula is C16H20N2O5. The third-order valence-corrected chi connectivity index (χ3v) is 4.34. The number of carbonyl (C=O) groups excluding carboxylic acids is 1. The predicted octanol–water partition coefficient (Wildman–Crippen LogP) is 0.680. The van der Waals surface area contributed by atoms with Crippen molar-refractivity contribution in [2.45, 2.75) is 18.9 Å². The molecule has 0 bridgehead atoms. The summed E-state index contributed by atoms with van der Waals surface area (Å²) in [5.41, 5.74) is -0.241. The van der Waals surface area contributed by atoms with Gasteiger partial charge in [-0.1, -0.05) is 6.07 Å². The summed E-state index contributed by atoms with van der Waals surface area (Å²) < 4.78 is 5.63. The second-order valence-corrected chi connectivity index (χ2v) is 6.06. The van der Waals surface area contributed by atoms with Gasteiger partial charge in [-0.05, 0) is 37.6 Å². The van der Waals surface area contributed by atoms with Crippen LogP contribution in [0.4, 0.5) is 0 Å². The maximum absolute atomic E-state index is 12.1. The number of amides is 1. The molecule has 1 atom stereocenters. The van der Waals surface area contributed by atoms with Gasteiger partial charge in [0.15, 0.2) is 0 Å². The van der Waals surface area contributed by atoms with Crippen LogP contribution in [0.2, 0.25) is 0 Å². The average molecular weight is 320 g/mol. The first-order chi connectivity index (χ1) is 11.0. The summed E-state index contributed by atoms with van der Waals surface area (Å²) in [4.78, 5) is 25.0. The van der Waals surface area contributed by atoms with Gasteiger partial charge in [-0.3, -0.25) is 4.79 Å². The van der Waals surface area contributed by atoms with E-state index < -0.39 is 5.97 Å². The number of nitrogens with zero attached hydrogens (tertiary/aromatic N) is 1. The number of aromatic hydroxyl groups is 1. The zero-order valence-electron chi connectivity index (χ0n) is 12.7. The minimum atomic E-state index is -1.24. The number of carboxylic acid groups (broad SMARTS) is 1. The molecule has 7 heteroatoms. The Hall–Kier alpha value is -2.28. The molecule has 23 heavy (non-hydrogen) atoms. The van der Waals surface area contributed by atoms with Crippen molar-refractivity contribution in [2.24, 2.45) is 5.92 Å². The van der Waals surface area contributed by atoms with Gasteiger partial charge >= 0.3 is 5.97 Å². The zero-order chi connectivity index (χ0) is 16.4. The number of phenols is 1. The number of benzene rings is 1. The molecule has 7 nitrogen and oxygen atoms in total. The zero-order valence-corrected chi connectivity index (χ0v) is 12.7. The standard InChI is InChI=1S/C16H20N2O5/c19-12-2-1-3-13(15(12)16(21)22)23-11-8-18(9-11)14(20)6-10-4-5-17-7-10/h1-3,10-11,17,19H,4-9H2,(H,21,22)/t10-/m1/s1. The van der Waals surface area contributed by atoms with Crippen LogP contribution in [0.25, 0.3) is 0 Å². The number of ether oxygens (including phenoxy) is 1. The van der Waals surface area contributed by atoms with Crippen LogP contribution in [-0.4, -0.2) is 59.3 Å². The first kappa shape index (κ1) is 15.6. The van der Waals surface area contributed by atoms with Crippen LogP contribution < -0.4 is 10.1 Å². The quantitative estimate of drug-likeness (QED) is 0.738. The molecule has 1 amide bonds. The Bertz CT molecular complexity index is 606. The Morgan fingerprint density at radius 3 is 2.78 bits per heavy atom. The second-order valence-electron chi connectivity index (χ2n) is 6.06. The number of likely N-dealkylation sites (tertiary alicyclic amines) is 1. The van der Waals surface area contributed by atoms with Crippen molar-refractivity contribution < 1.29 is 24.5 Å². The summed E-state index contributed by atoms with van der Waals surface area (Å²) in [6.07, 6.45) is 1.34. The number of rotatable bonds is 5. The molecule has 0 aromatic heterocycles. The molecule has 1 aromatic carbocycles. The van der Waals surface area contributed by atoms with E-state index in [0.717, 1.165) is 19.5 Å². The molecule has 124 valence electrons. The molecule has 2 aliphatic heterocycles. The van der Waals surface area contributed by atoms with E-state index in [4.69, 9.17) is 9.84 Å². The lowest BCUT2D eigenvalue weighted by atomic mass is 10.0. The first-order valence-corrected chi connectivity index (χ1v) is 7.75. The summed E-state index contributed by atoms with van der Waals surface area (Å²) in [7, 11) is 0. The number of aromatic carboxylic acids is 1. The summed E-state index contributed by atoms with van der Waals surface area (Å²) >= 11 is 0. The monoisotopic (exact) mass is 320 g/mol. The number of hydrogen-bond acceptors (Lipinski definition) is 5. The molecule has 0 radical (unpaired) electrons. The van der Waals surface area contributed by atoms with Gasteiger partial charge in [-0.25, -0.2) is 4.79 Å². The van der Waals surface area contributed by atoms with Gasteiger partial charge in [0.25, 0.3) is 0 Å². The van der Waals surface area contributed by atoms with E-state index in [9.17, 15) is 14.7 Å². The fourth-order valence-corrected chi connectivity index (χ4v) is 2.99. The van der Waals surface area contributed by atoms with E-state index in [1.807, 2.05) is 0 Å². The van der Waals surface area contributed by atoms with Crippen molar-refractivity contribution in [3.05, 3.63) is 23.8 Å². The van der Waals surface area contributed by atoms with Crippen LogP contribution in [0.5, 0.6) is 11.5 Å². The fourth-order valence-electron chi connectivity index (χ4n) is 2.99. The largest absolute Gasteiger partial charge is 0.507 e. The van der Waals surface area contributed by atoms with Crippen LogP contribution in [0.3, 0.4) is 0 Å². The molecule has 2 heterocycles. The molecule has 2 aliphatic rings. The molecule has 2 fully saturated rings. The third-order valence-electron chi connectivity index (χ3n) is 4.34. The van der Waals surface area contributed by atoms with E-state index in [0.29, 0.717) is 25.4 Å². The van der Waals surface area contributed by atoms with E-state index in [-0.39, 0.29) is 29.1 Å². The lowest BCUT2D eigenvalue weighted by Gasteiger charge is -2.39. The second kappa shape index (κ2) is 6.45. The molecular weight excluding hydrogens is 300 g/mol. The minimum absolute atomic E-state index is 0.118. The van der Waals surface area contributed by atoms with Gasteiger partial charge in [-0.2, -0.15) is 0 Å². The molecule has 3 rings (SSSR count). The Labute approximate surface area is 133 Å². The first-order valence-electron chi connectivity index (χ1n) is 7.75. The Balaban J connectivity index is 1.53. The van der Waals surface area contributed by atoms with Gasteiger partial charge < -0.3 is 25.2 Å². The maximum atomic E-state index is 12.1. The summed E-state index contributed by atoms with van der Waals surface area (Å²) in [5, 5.41) is 22.0. The summed E-state index contributed by atoms with van der Waals surface area (Å²) in [6, 6.07) is 4.35. The number of nitrogens with one attached hydrogen (secondary N) is 1. The highest BCUT2D eigenvalue weighted by atomic mass is 16.5. The molecule has 3 N–H and O–H groups in total. The van der Waals surface area contributed by atoms with Crippen molar-refractivity contribution in [1.82, 2.24) is 10.2 Å². The van der Waals surface area contributed by atoms with Gasteiger partial charge in [-0.15, -0.1) is 0 Å². The molecule has 0 saturated carbocycles. The maximum Gasteiger partial charge on any atom is 0.343 e. The fraction of sp³-hybridized carbons (Fsp3) is 0.500. The highest BCUT2D eigenvalue weighted by Gasteiger charge is 2.34. The van der Waals surface area contributed by atoms with Crippen LogP contribution in [0.15, 0.2) is 18.2 Å². The topological polar surface area (TPSA) is 99.1 Å². The van der Waals surface area contributed by atoms with Gasteiger partial charge in [0.05, 0.1) is 13.1 Å². The molecule has 1 aromatic rings. The normalized spacial score (nSPS) is 21.0. The lowest BCUT2D eigenvalue weighted by Crippen LogP contribution is -2.56. The van der Waals surface area contributed by atoms with Crippen molar-refractivity contribution in [3.8, 4) is 11.5 Å². The van der Waals surface area contributed by atoms with E-state index in [2.05, 4.69) is 5.32 Å². The van der Waals surface area contributed by atoms with Crippen molar-refractivity contribution in [2.75, 3.05) is 26.2 Å². The van der Waals surface area contributed by atoms with E-state index in [1.54, 1.807) is 4.90 Å². The number of carboxylic acids is 1. The molecule has 0 spiro atoms. The van der Waals surface area contributed by atoms with E-state index in [1.165, 1.54) is 18.2 Å². The minimum Gasteiger partial charge on any atom is -0.507 e. The predicted molar refractivity (Wildman–Crippen MR) is 81.7 cm³/mol. The lowest BCUT2D eigenvalue weighted by molar-refractivity contribution is -0.140. The van der Waals surface area contributed by atoms with Crippen LogP contribution in [0, 0.1) is 5.92 Å². The summed E-state index contributed by atoms with van der Waals surface area (Å²) in [5.74, 6) is -0.898. The van der Waals surface area contributed by atoms with Gasteiger partial charge in [0.1, 0.15) is 23.2 Å². The molecule has 0 aliphatic carbocycles. The Morgan fingerprint density at radius 2 is 2.13 bits per heavy atom. The number of carbonyl (C=O) groups is 2. The van der Waals surface area contributed by atoms with Crippen molar-refractivity contribution in [1.29, 1.82) is 0 Å². The van der Waals surface area contributed by atoms with Crippen LogP contribution >= 0.6 is 0 Å². The molecule has 2 saturated heterocycles. The van der Waals surface area contributed by atoms with Crippen molar-refractivity contribution in [3.63, 3.8) is 0 Å². The summed E-state index contributed by atoms with van der Waals surface area (Å²) in [6.45, 7) is 2.77.